The molecular formula is C9H16N2. The summed E-state index contributed by atoms with van der Waals surface area (Å²) in [6.07, 6.45) is 4.59. The number of hydrogen-bond acceptors (Lipinski definition) is 2. The Labute approximate surface area is 68.8 Å². The van der Waals surface area contributed by atoms with Crippen LogP contribution >= 0.6 is 0 Å². The summed E-state index contributed by atoms with van der Waals surface area (Å²) in [4.78, 5) is 2.34. The number of hydrogen-bond donors (Lipinski definition) is 0. The Balaban J connectivity index is 2.34. The van der Waals surface area contributed by atoms with Crippen LogP contribution in [0.2, 0.25) is 0 Å². The van der Waals surface area contributed by atoms with E-state index in [-0.39, 0.29) is 0 Å². The SMILES string of the molecule is CN1CCCCC(CC#N)C1. The molecule has 1 aliphatic heterocycles. The quantitative estimate of drug-likeness (QED) is 0.571. The monoisotopic (exact) mass is 152 g/mol. The summed E-state index contributed by atoms with van der Waals surface area (Å²) in [5.74, 6) is 0.632. The summed E-state index contributed by atoms with van der Waals surface area (Å²) in [6.45, 7) is 2.33. The van der Waals surface area contributed by atoms with Gasteiger partial charge in [0.1, 0.15) is 0 Å². The van der Waals surface area contributed by atoms with Crippen molar-refractivity contribution in [2.45, 2.75) is 25.7 Å². The Morgan fingerprint density at radius 1 is 1.55 bits per heavy atom. The minimum Gasteiger partial charge on any atom is -0.306 e. The van der Waals surface area contributed by atoms with Crippen molar-refractivity contribution in [2.24, 2.45) is 5.92 Å². The second-order valence-corrected chi connectivity index (χ2v) is 3.49. The predicted molar refractivity (Wildman–Crippen MR) is 45.1 cm³/mol. The van der Waals surface area contributed by atoms with Crippen molar-refractivity contribution in [3.63, 3.8) is 0 Å². The van der Waals surface area contributed by atoms with Gasteiger partial charge in [0, 0.05) is 13.0 Å². The van der Waals surface area contributed by atoms with Crippen LogP contribution in [0, 0.1) is 17.2 Å². The number of rotatable bonds is 1. The lowest BCUT2D eigenvalue weighted by atomic mass is 10.0. The summed E-state index contributed by atoms with van der Waals surface area (Å²) in [6, 6.07) is 2.26. The Kier molecular flexibility index (Phi) is 3.38. The molecule has 0 aromatic carbocycles. The van der Waals surface area contributed by atoms with Crippen LogP contribution in [0.4, 0.5) is 0 Å². The molecule has 0 radical (unpaired) electrons. The van der Waals surface area contributed by atoms with Gasteiger partial charge in [-0.05, 0) is 32.4 Å². The lowest BCUT2D eigenvalue weighted by molar-refractivity contribution is 0.301. The van der Waals surface area contributed by atoms with Crippen molar-refractivity contribution < 1.29 is 0 Å². The minimum atomic E-state index is 0.632. The normalized spacial score (nSPS) is 27.5. The first-order valence-corrected chi connectivity index (χ1v) is 4.38. The van der Waals surface area contributed by atoms with Crippen LogP contribution in [0.25, 0.3) is 0 Å². The van der Waals surface area contributed by atoms with Gasteiger partial charge in [-0.15, -0.1) is 0 Å². The van der Waals surface area contributed by atoms with E-state index in [1.807, 2.05) is 0 Å². The highest BCUT2D eigenvalue weighted by Crippen LogP contribution is 2.17. The lowest BCUT2D eigenvalue weighted by Gasteiger charge is -2.16. The van der Waals surface area contributed by atoms with Gasteiger partial charge in [0.15, 0.2) is 0 Å². The average Bonchev–Trinajstić information content (AvgIpc) is 2.15. The topological polar surface area (TPSA) is 27.0 Å². The molecule has 11 heavy (non-hydrogen) atoms. The highest BCUT2D eigenvalue weighted by Gasteiger charge is 2.14. The number of nitriles is 1. The molecule has 0 spiro atoms. The van der Waals surface area contributed by atoms with Gasteiger partial charge >= 0.3 is 0 Å². The molecule has 0 amide bonds. The van der Waals surface area contributed by atoms with E-state index in [1.165, 1.54) is 25.8 Å². The standard InChI is InChI=1S/C9H16N2/c1-11-7-3-2-4-9(8-11)5-6-10/h9H,2-5,7-8H2,1H3. The maximum Gasteiger partial charge on any atom is 0.0625 e. The summed E-state index contributed by atoms with van der Waals surface area (Å²) in [5.41, 5.74) is 0. The van der Waals surface area contributed by atoms with Crippen molar-refractivity contribution >= 4 is 0 Å². The van der Waals surface area contributed by atoms with Gasteiger partial charge in [-0.2, -0.15) is 5.26 Å². The fraction of sp³-hybridized carbons (Fsp3) is 0.889. The molecule has 1 aliphatic rings. The molecule has 1 rings (SSSR count). The van der Waals surface area contributed by atoms with Gasteiger partial charge in [0.05, 0.1) is 6.07 Å². The van der Waals surface area contributed by atoms with Gasteiger partial charge in [-0.25, -0.2) is 0 Å². The van der Waals surface area contributed by atoms with Crippen LogP contribution in [0.15, 0.2) is 0 Å². The molecule has 1 unspecified atom stereocenters. The summed E-state index contributed by atoms with van der Waals surface area (Å²) in [7, 11) is 2.15. The fourth-order valence-corrected chi connectivity index (χ4v) is 1.73. The van der Waals surface area contributed by atoms with E-state index >= 15 is 0 Å². The Bertz CT molecular complexity index is 148. The van der Waals surface area contributed by atoms with Gasteiger partial charge in [0.2, 0.25) is 0 Å². The summed E-state index contributed by atoms with van der Waals surface area (Å²) >= 11 is 0. The van der Waals surface area contributed by atoms with Crippen LogP contribution in [-0.2, 0) is 0 Å². The molecule has 1 fully saturated rings. The van der Waals surface area contributed by atoms with Gasteiger partial charge in [-0.3, -0.25) is 0 Å². The maximum absolute atomic E-state index is 8.53. The maximum atomic E-state index is 8.53. The van der Waals surface area contributed by atoms with Crippen LogP contribution in [0.1, 0.15) is 25.7 Å². The van der Waals surface area contributed by atoms with Crippen LogP contribution in [0.3, 0.4) is 0 Å². The van der Waals surface area contributed by atoms with Crippen LogP contribution in [0.5, 0.6) is 0 Å². The molecule has 0 aromatic rings. The molecule has 0 N–H and O–H groups in total. The van der Waals surface area contributed by atoms with Crippen molar-refractivity contribution in [1.29, 1.82) is 5.26 Å². The van der Waals surface area contributed by atoms with E-state index in [1.54, 1.807) is 0 Å². The molecule has 0 saturated carbocycles. The first-order valence-electron chi connectivity index (χ1n) is 4.38. The average molecular weight is 152 g/mol. The Morgan fingerprint density at radius 2 is 2.36 bits per heavy atom. The van der Waals surface area contributed by atoms with Crippen molar-refractivity contribution in [3.05, 3.63) is 0 Å². The number of nitrogens with zero attached hydrogens (tertiary/aromatic N) is 2. The molecule has 0 bridgehead atoms. The molecule has 0 aromatic heterocycles. The lowest BCUT2D eigenvalue weighted by Crippen LogP contribution is -2.23. The Hall–Kier alpha value is -0.550. The largest absolute Gasteiger partial charge is 0.306 e. The van der Waals surface area contributed by atoms with Crippen molar-refractivity contribution in [1.82, 2.24) is 4.90 Å². The molecule has 1 heterocycles. The first-order chi connectivity index (χ1) is 5.33. The third-order valence-corrected chi connectivity index (χ3v) is 2.35. The summed E-state index contributed by atoms with van der Waals surface area (Å²) in [5, 5.41) is 8.53. The second-order valence-electron chi connectivity index (χ2n) is 3.49. The van der Waals surface area contributed by atoms with E-state index < -0.39 is 0 Å². The molecule has 2 nitrogen and oxygen atoms in total. The van der Waals surface area contributed by atoms with Crippen molar-refractivity contribution in [3.8, 4) is 6.07 Å². The first kappa shape index (κ1) is 8.55. The van der Waals surface area contributed by atoms with E-state index in [0.29, 0.717) is 5.92 Å². The third kappa shape index (κ3) is 2.90. The van der Waals surface area contributed by atoms with Gasteiger partial charge in [0.25, 0.3) is 0 Å². The smallest absolute Gasteiger partial charge is 0.0625 e. The van der Waals surface area contributed by atoms with Gasteiger partial charge < -0.3 is 4.90 Å². The zero-order chi connectivity index (χ0) is 8.10. The van der Waals surface area contributed by atoms with Crippen molar-refractivity contribution in [2.75, 3.05) is 20.1 Å². The third-order valence-electron chi connectivity index (χ3n) is 2.35. The second kappa shape index (κ2) is 4.35. The van der Waals surface area contributed by atoms with E-state index in [4.69, 9.17) is 5.26 Å². The molecule has 2 heteroatoms. The highest BCUT2D eigenvalue weighted by molar-refractivity contribution is 4.79. The molecular weight excluding hydrogens is 136 g/mol. The zero-order valence-corrected chi connectivity index (χ0v) is 7.21. The Morgan fingerprint density at radius 3 is 3.09 bits per heavy atom. The predicted octanol–water partition coefficient (Wildman–Crippen LogP) is 1.63. The molecule has 1 atom stereocenters. The van der Waals surface area contributed by atoms with E-state index in [9.17, 15) is 0 Å². The number of likely N-dealkylation sites (tertiary alicyclic amines) is 1. The summed E-state index contributed by atoms with van der Waals surface area (Å²) < 4.78 is 0. The zero-order valence-electron chi connectivity index (χ0n) is 7.21. The van der Waals surface area contributed by atoms with Crippen LogP contribution in [-0.4, -0.2) is 25.0 Å². The fourth-order valence-electron chi connectivity index (χ4n) is 1.73. The van der Waals surface area contributed by atoms with Crippen LogP contribution < -0.4 is 0 Å². The molecule has 0 aliphatic carbocycles. The van der Waals surface area contributed by atoms with E-state index in [2.05, 4.69) is 18.0 Å². The minimum absolute atomic E-state index is 0.632. The molecule has 1 saturated heterocycles. The highest BCUT2D eigenvalue weighted by atomic mass is 15.1. The van der Waals surface area contributed by atoms with E-state index in [0.717, 1.165) is 13.0 Å². The molecule has 62 valence electrons. The van der Waals surface area contributed by atoms with Gasteiger partial charge in [-0.1, -0.05) is 6.42 Å².